The Kier molecular flexibility index (Phi) is 5.29. The first-order valence-corrected chi connectivity index (χ1v) is 6.24. The van der Waals surface area contributed by atoms with Gasteiger partial charge in [-0.15, -0.1) is 0 Å². The van der Waals surface area contributed by atoms with Crippen LogP contribution in [-0.4, -0.2) is 48.2 Å². The van der Waals surface area contributed by atoms with E-state index >= 15 is 0 Å². The van der Waals surface area contributed by atoms with Gasteiger partial charge in [0.05, 0.1) is 12.6 Å². The fraction of sp³-hybridized carbons (Fsp3) is 0.750. The molecule has 1 aliphatic rings. The number of rotatable bonds is 6. The largest absolute Gasteiger partial charge is 0.480 e. The van der Waals surface area contributed by atoms with E-state index in [2.05, 4.69) is 15.4 Å². The molecule has 0 saturated carbocycles. The maximum absolute atomic E-state index is 12.0. The number of esters is 1. The van der Waals surface area contributed by atoms with E-state index in [9.17, 15) is 14.4 Å². The molecule has 0 bridgehead atoms. The van der Waals surface area contributed by atoms with Gasteiger partial charge in [-0.25, -0.2) is 4.79 Å². The van der Waals surface area contributed by atoms with E-state index in [1.807, 2.05) is 0 Å². The first-order chi connectivity index (χ1) is 8.89. The molecule has 2 atom stereocenters. The number of hydrogen-bond donors (Lipinski definition) is 3. The molecule has 1 saturated heterocycles. The number of nitrogens with one attached hydrogen (secondary N) is 2. The van der Waals surface area contributed by atoms with Gasteiger partial charge in [0.25, 0.3) is 0 Å². The van der Waals surface area contributed by atoms with E-state index in [0.29, 0.717) is 6.42 Å². The highest BCUT2D eigenvalue weighted by Gasteiger charge is 2.37. The summed E-state index contributed by atoms with van der Waals surface area (Å²) in [5, 5.41) is 14.6. The Morgan fingerprint density at radius 3 is 2.63 bits per heavy atom. The monoisotopic (exact) mass is 272 g/mol. The fourth-order valence-electron chi connectivity index (χ4n) is 2.03. The topological polar surface area (TPSA) is 105 Å². The zero-order valence-electron chi connectivity index (χ0n) is 11.2. The summed E-state index contributed by atoms with van der Waals surface area (Å²) in [5.41, 5.74) is -0.723. The Bertz CT molecular complexity index is 363. The van der Waals surface area contributed by atoms with Gasteiger partial charge in [-0.1, -0.05) is 0 Å². The van der Waals surface area contributed by atoms with Crippen LogP contribution in [0.25, 0.3) is 0 Å². The molecule has 19 heavy (non-hydrogen) atoms. The summed E-state index contributed by atoms with van der Waals surface area (Å²) in [5.74, 6) is -1.99. The number of aliphatic carboxylic acids is 1. The number of carbonyl (C=O) groups is 3. The molecule has 2 unspecified atom stereocenters. The molecular weight excluding hydrogens is 252 g/mol. The Labute approximate surface area is 111 Å². The van der Waals surface area contributed by atoms with Gasteiger partial charge in [0.1, 0.15) is 6.04 Å². The van der Waals surface area contributed by atoms with Gasteiger partial charge < -0.3 is 20.5 Å². The first kappa shape index (κ1) is 15.4. The molecule has 0 aromatic carbocycles. The van der Waals surface area contributed by atoms with Crippen molar-refractivity contribution in [2.24, 2.45) is 0 Å². The van der Waals surface area contributed by atoms with Gasteiger partial charge in [0.15, 0.2) is 0 Å². The lowest BCUT2D eigenvalue weighted by Gasteiger charge is -2.25. The van der Waals surface area contributed by atoms with E-state index in [0.717, 1.165) is 13.0 Å². The third-order valence-electron chi connectivity index (χ3n) is 3.34. The van der Waals surface area contributed by atoms with Crippen LogP contribution in [0.2, 0.25) is 0 Å². The maximum Gasteiger partial charge on any atom is 0.326 e. The highest BCUT2D eigenvalue weighted by Crippen LogP contribution is 2.19. The van der Waals surface area contributed by atoms with Crippen molar-refractivity contribution in [3.63, 3.8) is 0 Å². The van der Waals surface area contributed by atoms with Crippen LogP contribution in [0.4, 0.5) is 0 Å². The van der Waals surface area contributed by atoms with Crippen LogP contribution in [0.5, 0.6) is 0 Å². The van der Waals surface area contributed by atoms with E-state index < -0.39 is 23.5 Å². The Hall–Kier alpha value is -1.63. The van der Waals surface area contributed by atoms with Crippen molar-refractivity contribution < 1.29 is 24.2 Å². The van der Waals surface area contributed by atoms with Crippen LogP contribution in [0.1, 0.15) is 32.6 Å². The lowest BCUT2D eigenvalue weighted by Crippen LogP contribution is -2.55. The standard InChI is InChI=1S/C12H20N2O5/c1-12(6-3-7-13-12)11(18)14-8(10(16)17)4-5-9(15)19-2/h8,13H,3-7H2,1-2H3,(H,14,18)(H,16,17). The second-order valence-electron chi connectivity index (χ2n) is 4.84. The number of amides is 1. The molecule has 108 valence electrons. The normalized spacial score (nSPS) is 23.7. The van der Waals surface area contributed by atoms with Crippen molar-refractivity contribution in [3.8, 4) is 0 Å². The fourth-order valence-corrected chi connectivity index (χ4v) is 2.03. The van der Waals surface area contributed by atoms with Crippen LogP contribution < -0.4 is 10.6 Å². The minimum Gasteiger partial charge on any atom is -0.480 e. The molecule has 1 fully saturated rings. The SMILES string of the molecule is COC(=O)CCC(NC(=O)C1(C)CCCN1)C(=O)O. The molecule has 7 heteroatoms. The maximum atomic E-state index is 12.0. The van der Waals surface area contributed by atoms with Crippen LogP contribution in [-0.2, 0) is 19.1 Å². The number of methoxy groups -OCH3 is 1. The number of carboxylic acids is 1. The van der Waals surface area contributed by atoms with Crippen LogP contribution >= 0.6 is 0 Å². The lowest BCUT2D eigenvalue weighted by atomic mass is 9.98. The summed E-state index contributed by atoms with van der Waals surface area (Å²) in [4.78, 5) is 34.1. The average Bonchev–Trinajstić information content (AvgIpc) is 2.81. The second kappa shape index (κ2) is 6.51. The van der Waals surface area contributed by atoms with E-state index in [1.165, 1.54) is 7.11 Å². The molecule has 3 N–H and O–H groups in total. The molecule has 1 amide bonds. The van der Waals surface area contributed by atoms with Gasteiger partial charge in [0.2, 0.25) is 5.91 Å². The Balaban J connectivity index is 2.55. The summed E-state index contributed by atoms with van der Waals surface area (Å²) in [6, 6.07) is -1.08. The number of carbonyl (C=O) groups excluding carboxylic acids is 2. The highest BCUT2D eigenvalue weighted by molar-refractivity contribution is 5.90. The van der Waals surface area contributed by atoms with Gasteiger partial charge in [-0.2, -0.15) is 0 Å². The minimum atomic E-state index is -1.15. The summed E-state index contributed by atoms with van der Waals surface area (Å²) in [7, 11) is 1.24. The number of carboxylic acid groups (broad SMARTS) is 1. The van der Waals surface area contributed by atoms with Crippen molar-refractivity contribution in [3.05, 3.63) is 0 Å². The Morgan fingerprint density at radius 2 is 2.16 bits per heavy atom. The van der Waals surface area contributed by atoms with E-state index in [1.54, 1.807) is 6.92 Å². The van der Waals surface area contributed by atoms with Crippen molar-refractivity contribution in [2.75, 3.05) is 13.7 Å². The Morgan fingerprint density at radius 1 is 1.47 bits per heavy atom. The van der Waals surface area contributed by atoms with Crippen molar-refractivity contribution in [1.29, 1.82) is 0 Å². The molecule has 0 aromatic heterocycles. The molecule has 1 heterocycles. The lowest BCUT2D eigenvalue weighted by molar-refractivity contribution is -0.144. The summed E-state index contributed by atoms with van der Waals surface area (Å²) in [6.07, 6.45) is 1.52. The molecule has 7 nitrogen and oxygen atoms in total. The number of hydrogen-bond acceptors (Lipinski definition) is 5. The molecule has 1 aliphatic heterocycles. The smallest absolute Gasteiger partial charge is 0.326 e. The van der Waals surface area contributed by atoms with Gasteiger partial charge in [-0.3, -0.25) is 9.59 Å². The van der Waals surface area contributed by atoms with Gasteiger partial charge in [0, 0.05) is 6.42 Å². The molecule has 1 rings (SSSR count). The zero-order chi connectivity index (χ0) is 14.5. The van der Waals surface area contributed by atoms with Gasteiger partial charge in [-0.05, 0) is 32.7 Å². The van der Waals surface area contributed by atoms with Crippen molar-refractivity contribution >= 4 is 17.8 Å². The summed E-state index contributed by atoms with van der Waals surface area (Å²) >= 11 is 0. The minimum absolute atomic E-state index is 0.0177. The second-order valence-corrected chi connectivity index (χ2v) is 4.84. The highest BCUT2D eigenvalue weighted by atomic mass is 16.5. The van der Waals surface area contributed by atoms with Crippen molar-refractivity contribution in [1.82, 2.24) is 10.6 Å². The summed E-state index contributed by atoms with van der Waals surface area (Å²) in [6.45, 7) is 2.48. The van der Waals surface area contributed by atoms with E-state index in [4.69, 9.17) is 5.11 Å². The predicted octanol–water partition coefficient (Wildman–Crippen LogP) is -0.349. The van der Waals surface area contributed by atoms with Gasteiger partial charge >= 0.3 is 11.9 Å². The quantitative estimate of drug-likeness (QED) is 0.571. The number of ether oxygens (including phenoxy) is 1. The molecular formula is C12H20N2O5. The van der Waals surface area contributed by atoms with Crippen LogP contribution in [0.15, 0.2) is 0 Å². The third-order valence-corrected chi connectivity index (χ3v) is 3.34. The average molecular weight is 272 g/mol. The molecule has 0 radical (unpaired) electrons. The predicted molar refractivity (Wildman–Crippen MR) is 66.5 cm³/mol. The van der Waals surface area contributed by atoms with Crippen LogP contribution in [0, 0.1) is 0 Å². The molecule has 0 aromatic rings. The van der Waals surface area contributed by atoms with Crippen molar-refractivity contribution in [2.45, 2.75) is 44.2 Å². The molecule has 0 aliphatic carbocycles. The first-order valence-electron chi connectivity index (χ1n) is 6.24. The molecule has 0 spiro atoms. The third kappa shape index (κ3) is 4.20. The zero-order valence-corrected chi connectivity index (χ0v) is 11.2. The summed E-state index contributed by atoms with van der Waals surface area (Å²) < 4.78 is 4.45. The van der Waals surface area contributed by atoms with E-state index in [-0.39, 0.29) is 18.7 Å². The van der Waals surface area contributed by atoms with Crippen LogP contribution in [0.3, 0.4) is 0 Å².